The molecule has 0 saturated carbocycles. The number of benzene rings is 2. The number of hydrogen-bond acceptors (Lipinski definition) is 4. The molecule has 0 spiro atoms. The number of furan rings is 1. The van der Waals surface area contributed by atoms with Crippen LogP contribution in [0.5, 0.6) is 11.5 Å². The summed E-state index contributed by atoms with van der Waals surface area (Å²) in [6.07, 6.45) is 0. The average molecular weight is 358 g/mol. The summed E-state index contributed by atoms with van der Waals surface area (Å²) < 4.78 is 16.4. The van der Waals surface area contributed by atoms with Gasteiger partial charge in [-0.05, 0) is 36.4 Å². The third-order valence-corrected chi connectivity index (χ3v) is 4.20. The number of halogens is 1. The molecule has 0 amide bonds. The van der Waals surface area contributed by atoms with Crippen molar-refractivity contribution < 1.29 is 13.9 Å². The molecule has 0 bridgehead atoms. The van der Waals surface area contributed by atoms with Crippen LogP contribution in [-0.4, -0.2) is 14.2 Å². The molecule has 0 aliphatic heterocycles. The van der Waals surface area contributed by atoms with E-state index < -0.39 is 0 Å². The third-order valence-electron chi connectivity index (χ3n) is 3.91. The largest absolute Gasteiger partial charge is 0.496 e. The summed E-state index contributed by atoms with van der Waals surface area (Å²) in [5.41, 5.74) is 2.03. The zero-order chi connectivity index (χ0) is 17.6. The van der Waals surface area contributed by atoms with Crippen LogP contribution in [0.4, 0.5) is 0 Å². The van der Waals surface area contributed by atoms with E-state index >= 15 is 0 Å². The Morgan fingerprint density at radius 2 is 1.72 bits per heavy atom. The molecule has 0 radical (unpaired) electrons. The summed E-state index contributed by atoms with van der Waals surface area (Å²) in [5, 5.41) is 3.93. The van der Waals surface area contributed by atoms with Gasteiger partial charge in [0.15, 0.2) is 0 Å². The highest BCUT2D eigenvalue weighted by Crippen LogP contribution is 2.31. The zero-order valence-corrected chi connectivity index (χ0v) is 15.0. The van der Waals surface area contributed by atoms with E-state index in [9.17, 15) is 0 Å². The molecule has 3 rings (SSSR count). The topological polar surface area (TPSA) is 43.6 Å². The van der Waals surface area contributed by atoms with Crippen molar-refractivity contribution in [1.82, 2.24) is 5.32 Å². The SMILES string of the molecule is COc1ccc(-c2ccc(CNCc3ccccc3OC)o2)cc1Cl. The summed E-state index contributed by atoms with van der Waals surface area (Å²) >= 11 is 6.18. The van der Waals surface area contributed by atoms with Crippen molar-refractivity contribution in [2.45, 2.75) is 13.1 Å². The molecule has 0 fully saturated rings. The molecule has 0 saturated heterocycles. The van der Waals surface area contributed by atoms with Gasteiger partial charge in [-0.2, -0.15) is 0 Å². The molecular formula is C20H20ClNO3. The van der Waals surface area contributed by atoms with E-state index in [0.29, 0.717) is 23.9 Å². The van der Waals surface area contributed by atoms with Crippen LogP contribution < -0.4 is 14.8 Å². The number of methoxy groups -OCH3 is 2. The van der Waals surface area contributed by atoms with Gasteiger partial charge in [-0.3, -0.25) is 0 Å². The summed E-state index contributed by atoms with van der Waals surface area (Å²) in [6, 6.07) is 17.5. The highest BCUT2D eigenvalue weighted by Gasteiger charge is 2.08. The Bertz CT molecular complexity index is 844. The second-order valence-corrected chi connectivity index (χ2v) is 5.94. The molecule has 25 heavy (non-hydrogen) atoms. The maximum atomic E-state index is 6.18. The molecule has 0 aliphatic carbocycles. The minimum atomic E-state index is 0.562. The van der Waals surface area contributed by atoms with Gasteiger partial charge >= 0.3 is 0 Å². The molecule has 2 aromatic carbocycles. The smallest absolute Gasteiger partial charge is 0.137 e. The van der Waals surface area contributed by atoms with Crippen molar-refractivity contribution in [3.05, 3.63) is 70.9 Å². The summed E-state index contributed by atoms with van der Waals surface area (Å²) in [6.45, 7) is 1.33. The lowest BCUT2D eigenvalue weighted by molar-refractivity contribution is 0.406. The van der Waals surface area contributed by atoms with Crippen molar-refractivity contribution in [2.75, 3.05) is 14.2 Å². The summed E-state index contributed by atoms with van der Waals surface area (Å²) in [4.78, 5) is 0. The Balaban J connectivity index is 1.63. The molecule has 1 N–H and O–H groups in total. The number of hydrogen-bond donors (Lipinski definition) is 1. The Kier molecular flexibility index (Phi) is 5.64. The summed E-state index contributed by atoms with van der Waals surface area (Å²) in [5.74, 6) is 3.16. The maximum absolute atomic E-state index is 6.18. The van der Waals surface area contributed by atoms with E-state index in [2.05, 4.69) is 5.32 Å². The number of nitrogens with one attached hydrogen (secondary N) is 1. The molecule has 3 aromatic rings. The van der Waals surface area contributed by atoms with Gasteiger partial charge in [0.05, 0.1) is 25.8 Å². The first-order valence-corrected chi connectivity index (χ1v) is 8.34. The van der Waals surface area contributed by atoms with Crippen LogP contribution in [0.3, 0.4) is 0 Å². The van der Waals surface area contributed by atoms with Gasteiger partial charge in [0.25, 0.3) is 0 Å². The maximum Gasteiger partial charge on any atom is 0.137 e. The Hall–Kier alpha value is -2.43. The van der Waals surface area contributed by atoms with Crippen molar-refractivity contribution in [1.29, 1.82) is 0 Å². The number of para-hydroxylation sites is 1. The third kappa shape index (κ3) is 4.16. The van der Waals surface area contributed by atoms with Gasteiger partial charge in [-0.1, -0.05) is 29.8 Å². The second-order valence-electron chi connectivity index (χ2n) is 5.53. The fraction of sp³-hybridized carbons (Fsp3) is 0.200. The predicted octanol–water partition coefficient (Wildman–Crippen LogP) is 4.91. The Labute approximate surface area is 152 Å². The highest BCUT2D eigenvalue weighted by molar-refractivity contribution is 6.32. The predicted molar refractivity (Wildman–Crippen MR) is 99.2 cm³/mol. The molecular weight excluding hydrogens is 338 g/mol. The first-order valence-electron chi connectivity index (χ1n) is 7.96. The van der Waals surface area contributed by atoms with Gasteiger partial charge in [0.2, 0.25) is 0 Å². The fourth-order valence-corrected chi connectivity index (χ4v) is 2.87. The van der Waals surface area contributed by atoms with Crippen LogP contribution in [0.1, 0.15) is 11.3 Å². The first kappa shape index (κ1) is 17.4. The molecule has 0 atom stereocenters. The van der Waals surface area contributed by atoms with Gasteiger partial charge in [-0.25, -0.2) is 0 Å². The van der Waals surface area contributed by atoms with Gasteiger partial charge in [0.1, 0.15) is 23.0 Å². The number of rotatable bonds is 7. The quantitative estimate of drug-likeness (QED) is 0.652. The average Bonchev–Trinajstić information content (AvgIpc) is 3.11. The van der Waals surface area contributed by atoms with Gasteiger partial charge in [-0.15, -0.1) is 0 Å². The molecule has 4 nitrogen and oxygen atoms in total. The fourth-order valence-electron chi connectivity index (χ4n) is 2.62. The Morgan fingerprint density at radius 1 is 0.920 bits per heavy atom. The number of ether oxygens (including phenoxy) is 2. The van der Waals surface area contributed by atoms with Crippen LogP contribution in [0.15, 0.2) is 59.0 Å². The molecule has 1 heterocycles. The van der Waals surface area contributed by atoms with E-state index in [0.717, 1.165) is 28.4 Å². The minimum Gasteiger partial charge on any atom is -0.496 e. The lowest BCUT2D eigenvalue weighted by Gasteiger charge is -2.08. The highest BCUT2D eigenvalue weighted by atomic mass is 35.5. The summed E-state index contributed by atoms with van der Waals surface area (Å²) in [7, 11) is 3.27. The standard InChI is InChI=1S/C20H20ClNO3/c1-23-18-6-4-3-5-15(18)12-22-13-16-8-10-19(25-16)14-7-9-20(24-2)17(21)11-14/h3-11,22H,12-13H2,1-2H3. The molecule has 1 aromatic heterocycles. The Morgan fingerprint density at radius 3 is 2.48 bits per heavy atom. The molecule has 130 valence electrons. The van der Waals surface area contributed by atoms with E-state index in [1.807, 2.05) is 54.6 Å². The molecule has 0 aliphatic rings. The van der Waals surface area contributed by atoms with Crippen LogP contribution in [-0.2, 0) is 13.1 Å². The van der Waals surface area contributed by atoms with E-state index in [-0.39, 0.29) is 0 Å². The van der Waals surface area contributed by atoms with Crippen LogP contribution in [0, 0.1) is 0 Å². The van der Waals surface area contributed by atoms with E-state index in [1.54, 1.807) is 14.2 Å². The van der Waals surface area contributed by atoms with E-state index in [4.69, 9.17) is 25.5 Å². The molecule has 5 heteroatoms. The normalized spacial score (nSPS) is 10.7. The first-order chi connectivity index (χ1) is 12.2. The van der Waals surface area contributed by atoms with Gasteiger partial charge in [0, 0.05) is 17.7 Å². The van der Waals surface area contributed by atoms with Crippen molar-refractivity contribution >= 4 is 11.6 Å². The lowest BCUT2D eigenvalue weighted by atomic mass is 10.2. The minimum absolute atomic E-state index is 0.562. The monoisotopic (exact) mass is 357 g/mol. The van der Waals surface area contributed by atoms with Crippen LogP contribution in [0.2, 0.25) is 5.02 Å². The van der Waals surface area contributed by atoms with Gasteiger partial charge < -0.3 is 19.2 Å². The zero-order valence-electron chi connectivity index (χ0n) is 14.2. The molecule has 0 unspecified atom stereocenters. The van der Waals surface area contributed by atoms with Crippen molar-refractivity contribution in [3.63, 3.8) is 0 Å². The van der Waals surface area contributed by atoms with Crippen LogP contribution >= 0.6 is 11.6 Å². The van der Waals surface area contributed by atoms with Crippen LogP contribution in [0.25, 0.3) is 11.3 Å². The second kappa shape index (κ2) is 8.10. The van der Waals surface area contributed by atoms with Crippen molar-refractivity contribution in [3.8, 4) is 22.8 Å². The van der Waals surface area contributed by atoms with Crippen molar-refractivity contribution in [2.24, 2.45) is 0 Å². The van der Waals surface area contributed by atoms with E-state index in [1.165, 1.54) is 0 Å². The lowest BCUT2D eigenvalue weighted by Crippen LogP contribution is -2.12.